The van der Waals surface area contributed by atoms with Crippen LogP contribution in [0.3, 0.4) is 0 Å². The summed E-state index contributed by atoms with van der Waals surface area (Å²) in [6.45, 7) is 8.94. The lowest BCUT2D eigenvalue weighted by Gasteiger charge is -2.37. The molecule has 0 unspecified atom stereocenters. The monoisotopic (exact) mass is 154 g/mol. The van der Waals surface area contributed by atoms with Gasteiger partial charge in [0.1, 0.15) is 6.29 Å². The lowest BCUT2D eigenvalue weighted by Crippen LogP contribution is -2.32. The van der Waals surface area contributed by atoms with Gasteiger partial charge in [0, 0.05) is 5.92 Å². The van der Waals surface area contributed by atoms with Crippen molar-refractivity contribution >= 4 is 6.29 Å². The summed E-state index contributed by atoms with van der Waals surface area (Å²) in [7, 11) is 0. The number of hydrogen-bond acceptors (Lipinski definition) is 1. The van der Waals surface area contributed by atoms with Crippen LogP contribution in [0.1, 0.15) is 40.5 Å². The second-order valence-electron chi connectivity index (χ2n) is 4.89. The molecule has 0 aliphatic heterocycles. The molecule has 0 spiro atoms. The van der Waals surface area contributed by atoms with Gasteiger partial charge in [0.25, 0.3) is 0 Å². The summed E-state index contributed by atoms with van der Waals surface area (Å²) in [6, 6.07) is 0. The molecule has 1 nitrogen and oxygen atoms in total. The Bertz CT molecular complexity index is 168. The molecule has 64 valence electrons. The van der Waals surface area contributed by atoms with E-state index in [2.05, 4.69) is 27.7 Å². The molecule has 1 atom stereocenters. The molecule has 0 aromatic rings. The van der Waals surface area contributed by atoms with Gasteiger partial charge in [-0.1, -0.05) is 27.7 Å². The van der Waals surface area contributed by atoms with Gasteiger partial charge >= 0.3 is 0 Å². The van der Waals surface area contributed by atoms with Crippen LogP contribution in [-0.2, 0) is 4.79 Å². The minimum absolute atomic E-state index is 0.189. The average molecular weight is 154 g/mol. The van der Waals surface area contributed by atoms with Crippen molar-refractivity contribution in [1.29, 1.82) is 0 Å². The highest BCUT2D eigenvalue weighted by Gasteiger charge is 2.48. The molecule has 0 radical (unpaired) electrons. The fourth-order valence-electron chi connectivity index (χ4n) is 1.94. The summed E-state index contributed by atoms with van der Waals surface area (Å²) >= 11 is 0. The lowest BCUT2D eigenvalue weighted by molar-refractivity contribution is -0.114. The van der Waals surface area contributed by atoms with Crippen molar-refractivity contribution in [2.45, 2.75) is 40.5 Å². The molecule has 1 saturated carbocycles. The predicted octanol–water partition coefficient (Wildman–Crippen LogP) is 2.65. The minimum Gasteiger partial charge on any atom is -0.303 e. The molecule has 1 aliphatic carbocycles. The van der Waals surface area contributed by atoms with Crippen molar-refractivity contribution in [1.82, 2.24) is 0 Å². The molecule has 1 aliphatic rings. The fraction of sp³-hybridized carbons (Fsp3) is 0.900. The van der Waals surface area contributed by atoms with Gasteiger partial charge in [0.05, 0.1) is 0 Å². The van der Waals surface area contributed by atoms with Crippen molar-refractivity contribution in [2.24, 2.45) is 16.7 Å². The predicted molar refractivity (Wildman–Crippen MR) is 46.4 cm³/mol. The van der Waals surface area contributed by atoms with E-state index in [0.717, 1.165) is 12.7 Å². The van der Waals surface area contributed by atoms with Gasteiger partial charge in [0.2, 0.25) is 0 Å². The van der Waals surface area contributed by atoms with E-state index < -0.39 is 0 Å². The number of carbonyl (C=O) groups is 1. The fourth-order valence-corrected chi connectivity index (χ4v) is 1.94. The van der Waals surface area contributed by atoms with Crippen molar-refractivity contribution in [3.63, 3.8) is 0 Å². The third-order valence-corrected chi connectivity index (χ3v) is 3.92. The largest absolute Gasteiger partial charge is 0.303 e. The first-order valence-corrected chi connectivity index (χ1v) is 4.37. The topological polar surface area (TPSA) is 17.1 Å². The Balaban J connectivity index is 2.89. The van der Waals surface area contributed by atoms with Gasteiger partial charge in [-0.3, -0.25) is 0 Å². The van der Waals surface area contributed by atoms with Gasteiger partial charge < -0.3 is 4.79 Å². The second kappa shape index (κ2) is 2.33. The molecule has 11 heavy (non-hydrogen) atoms. The number of hydrogen-bond donors (Lipinski definition) is 0. The third kappa shape index (κ3) is 1.11. The number of aldehydes is 1. The Morgan fingerprint density at radius 1 is 1.27 bits per heavy atom. The molecule has 0 saturated heterocycles. The number of carbonyl (C=O) groups excluding carboxylic acids is 1. The smallest absolute Gasteiger partial charge is 0.123 e. The van der Waals surface area contributed by atoms with E-state index in [1.165, 1.54) is 6.42 Å². The zero-order chi connectivity index (χ0) is 8.70. The second-order valence-corrected chi connectivity index (χ2v) is 4.89. The van der Waals surface area contributed by atoms with Gasteiger partial charge in [0.15, 0.2) is 0 Å². The van der Waals surface area contributed by atoms with E-state index in [1.807, 2.05) is 0 Å². The first-order valence-electron chi connectivity index (χ1n) is 4.37. The summed E-state index contributed by atoms with van der Waals surface area (Å²) in [4.78, 5) is 10.7. The Morgan fingerprint density at radius 2 is 1.82 bits per heavy atom. The van der Waals surface area contributed by atoms with Crippen LogP contribution < -0.4 is 0 Å². The van der Waals surface area contributed by atoms with Gasteiger partial charge in [-0.05, 0) is 23.7 Å². The first kappa shape index (κ1) is 8.76. The Labute approximate surface area is 69.2 Å². The van der Waals surface area contributed by atoms with E-state index in [0.29, 0.717) is 5.41 Å². The summed E-state index contributed by atoms with van der Waals surface area (Å²) in [5.74, 6) is 0.275. The van der Waals surface area contributed by atoms with Crippen molar-refractivity contribution in [2.75, 3.05) is 0 Å². The van der Waals surface area contributed by atoms with Crippen molar-refractivity contribution in [3.8, 4) is 0 Å². The van der Waals surface area contributed by atoms with Gasteiger partial charge in [-0.15, -0.1) is 0 Å². The van der Waals surface area contributed by atoms with Crippen LogP contribution in [0.25, 0.3) is 0 Å². The summed E-state index contributed by atoms with van der Waals surface area (Å²) in [5, 5.41) is 0. The normalized spacial score (nSPS) is 33.6. The molecule has 0 aromatic heterocycles. The molecule has 0 aromatic carbocycles. The summed E-state index contributed by atoms with van der Waals surface area (Å²) in [5.41, 5.74) is 0.521. The SMILES string of the molecule is CC1(C)CC[C@@H](C=O)C1(C)C. The van der Waals surface area contributed by atoms with Crippen LogP contribution in [0.5, 0.6) is 0 Å². The van der Waals surface area contributed by atoms with Crippen molar-refractivity contribution in [3.05, 3.63) is 0 Å². The van der Waals surface area contributed by atoms with E-state index >= 15 is 0 Å². The van der Waals surface area contributed by atoms with Crippen LogP contribution in [0.15, 0.2) is 0 Å². The van der Waals surface area contributed by atoms with E-state index in [1.54, 1.807) is 0 Å². The number of rotatable bonds is 1. The van der Waals surface area contributed by atoms with Crippen LogP contribution >= 0.6 is 0 Å². The minimum atomic E-state index is 0.189. The molecule has 0 N–H and O–H groups in total. The van der Waals surface area contributed by atoms with Crippen LogP contribution in [0.4, 0.5) is 0 Å². The molecule has 0 heterocycles. The quantitative estimate of drug-likeness (QED) is 0.531. The van der Waals surface area contributed by atoms with Crippen LogP contribution in [0, 0.1) is 16.7 Å². The standard InChI is InChI=1S/C10H18O/c1-9(2)6-5-8(7-11)10(9,3)4/h7-8H,5-6H2,1-4H3/t8-/m0/s1. The maximum atomic E-state index is 10.7. The van der Waals surface area contributed by atoms with Gasteiger partial charge in [-0.2, -0.15) is 0 Å². The maximum Gasteiger partial charge on any atom is 0.123 e. The molecular formula is C10H18O. The highest BCUT2D eigenvalue weighted by Crippen LogP contribution is 2.54. The molecule has 1 heteroatoms. The molecule has 1 rings (SSSR count). The average Bonchev–Trinajstić information content (AvgIpc) is 2.05. The van der Waals surface area contributed by atoms with Crippen molar-refractivity contribution < 1.29 is 4.79 Å². The zero-order valence-electron chi connectivity index (χ0n) is 7.98. The van der Waals surface area contributed by atoms with Gasteiger partial charge in [-0.25, -0.2) is 0 Å². The molecule has 0 bridgehead atoms. The van der Waals surface area contributed by atoms with E-state index in [-0.39, 0.29) is 11.3 Å². The Morgan fingerprint density at radius 3 is 2.00 bits per heavy atom. The Hall–Kier alpha value is -0.330. The van der Waals surface area contributed by atoms with E-state index in [4.69, 9.17) is 0 Å². The Kier molecular flexibility index (Phi) is 1.85. The third-order valence-electron chi connectivity index (χ3n) is 3.92. The molecule has 1 fully saturated rings. The molecular weight excluding hydrogens is 136 g/mol. The zero-order valence-corrected chi connectivity index (χ0v) is 7.98. The van der Waals surface area contributed by atoms with E-state index in [9.17, 15) is 4.79 Å². The summed E-state index contributed by atoms with van der Waals surface area (Å²) < 4.78 is 0. The lowest BCUT2D eigenvalue weighted by atomic mass is 9.67. The van der Waals surface area contributed by atoms with Crippen LogP contribution in [-0.4, -0.2) is 6.29 Å². The first-order chi connectivity index (χ1) is 4.92. The van der Waals surface area contributed by atoms with Crippen LogP contribution in [0.2, 0.25) is 0 Å². The highest BCUT2D eigenvalue weighted by molar-refractivity contribution is 5.56. The molecule has 0 amide bonds. The maximum absolute atomic E-state index is 10.7. The highest BCUT2D eigenvalue weighted by atomic mass is 16.1. The summed E-state index contributed by atoms with van der Waals surface area (Å²) in [6.07, 6.45) is 3.39.